The smallest absolute Gasteiger partial charge is 0.279 e. The zero-order chi connectivity index (χ0) is 14.7. The second kappa shape index (κ2) is 5.49. The maximum atomic E-state index is 13.0. The largest absolute Gasteiger partial charge is 0.305 e. The third-order valence-corrected chi connectivity index (χ3v) is 2.67. The topological polar surface area (TPSA) is 72.7 Å². The highest BCUT2D eigenvalue weighted by Crippen LogP contribution is 2.07. The van der Waals surface area contributed by atoms with Gasteiger partial charge in [-0.15, -0.1) is 5.10 Å². The number of benzene rings is 1. The second-order valence-electron chi connectivity index (χ2n) is 4.15. The third-order valence-electron chi connectivity index (χ3n) is 2.67. The number of nitrogens with zero attached hydrogens (tertiary/aromatic N) is 4. The molecule has 6 nitrogen and oxygen atoms in total. The van der Waals surface area contributed by atoms with E-state index in [-0.39, 0.29) is 11.5 Å². The van der Waals surface area contributed by atoms with Gasteiger partial charge in [-0.25, -0.2) is 4.98 Å². The number of anilines is 1. The first-order valence-corrected chi connectivity index (χ1v) is 6.14. The number of pyridine rings is 1. The molecule has 0 spiro atoms. The summed E-state index contributed by atoms with van der Waals surface area (Å²) in [5.41, 5.74) is 0.852. The molecule has 0 unspecified atom stereocenters. The molecule has 0 atom stereocenters. The van der Waals surface area contributed by atoms with Crippen molar-refractivity contribution < 1.29 is 9.18 Å². The molecule has 104 valence electrons. The van der Waals surface area contributed by atoms with Crippen LogP contribution in [0.1, 0.15) is 10.5 Å². The summed E-state index contributed by atoms with van der Waals surface area (Å²) in [6.45, 7) is 0. The molecule has 2 aromatic heterocycles. The van der Waals surface area contributed by atoms with E-state index in [9.17, 15) is 9.18 Å². The summed E-state index contributed by atoms with van der Waals surface area (Å²) in [5.74, 6) is -1.05. The number of rotatable bonds is 3. The summed E-state index contributed by atoms with van der Waals surface area (Å²) in [6.07, 6.45) is 1.33. The average Bonchev–Trinajstić information content (AvgIpc) is 2.98. The molecule has 3 aromatic rings. The van der Waals surface area contributed by atoms with Crippen LogP contribution in [0.25, 0.3) is 5.69 Å². The van der Waals surface area contributed by atoms with E-state index in [1.165, 1.54) is 29.2 Å². The molecule has 0 saturated carbocycles. The van der Waals surface area contributed by atoms with Gasteiger partial charge in [0.25, 0.3) is 5.91 Å². The lowest BCUT2D eigenvalue weighted by molar-refractivity contribution is 0.102. The SMILES string of the molecule is O=C(Nc1cccc(F)n1)c1cnn(-c2ccccc2)n1. The molecule has 0 aliphatic heterocycles. The Morgan fingerprint density at radius 3 is 2.67 bits per heavy atom. The lowest BCUT2D eigenvalue weighted by Crippen LogP contribution is -2.14. The minimum Gasteiger partial charge on any atom is -0.305 e. The Labute approximate surface area is 119 Å². The van der Waals surface area contributed by atoms with Gasteiger partial charge in [-0.05, 0) is 24.3 Å². The fourth-order valence-electron chi connectivity index (χ4n) is 1.71. The molecule has 0 fully saturated rings. The number of hydrogen-bond donors (Lipinski definition) is 1. The summed E-state index contributed by atoms with van der Waals surface area (Å²) >= 11 is 0. The summed E-state index contributed by atoms with van der Waals surface area (Å²) in [7, 11) is 0. The second-order valence-corrected chi connectivity index (χ2v) is 4.15. The third kappa shape index (κ3) is 2.92. The van der Waals surface area contributed by atoms with Gasteiger partial charge in [-0.3, -0.25) is 4.79 Å². The van der Waals surface area contributed by atoms with Crippen LogP contribution in [0.15, 0.2) is 54.7 Å². The number of nitrogens with one attached hydrogen (secondary N) is 1. The normalized spacial score (nSPS) is 10.3. The van der Waals surface area contributed by atoms with Crippen LogP contribution in [0.2, 0.25) is 0 Å². The molecule has 3 rings (SSSR count). The van der Waals surface area contributed by atoms with Crippen molar-refractivity contribution in [1.82, 2.24) is 20.0 Å². The predicted octanol–water partition coefficient (Wildman–Crippen LogP) is 2.05. The van der Waals surface area contributed by atoms with Crippen LogP contribution in [0, 0.1) is 5.95 Å². The van der Waals surface area contributed by atoms with E-state index in [0.717, 1.165) is 5.69 Å². The van der Waals surface area contributed by atoms with Crippen LogP contribution < -0.4 is 5.32 Å². The highest BCUT2D eigenvalue weighted by Gasteiger charge is 2.12. The van der Waals surface area contributed by atoms with Gasteiger partial charge in [0.15, 0.2) is 5.69 Å². The molecule has 7 heteroatoms. The Morgan fingerprint density at radius 2 is 1.90 bits per heavy atom. The number of halogens is 1. The van der Waals surface area contributed by atoms with Crippen molar-refractivity contribution in [1.29, 1.82) is 0 Å². The Balaban J connectivity index is 1.78. The molecular weight excluding hydrogens is 273 g/mol. The Kier molecular flexibility index (Phi) is 3.38. The molecule has 1 N–H and O–H groups in total. The maximum Gasteiger partial charge on any atom is 0.279 e. The zero-order valence-electron chi connectivity index (χ0n) is 10.8. The van der Waals surface area contributed by atoms with Gasteiger partial charge in [-0.1, -0.05) is 24.3 Å². The van der Waals surface area contributed by atoms with E-state index in [1.54, 1.807) is 0 Å². The molecule has 1 amide bonds. The van der Waals surface area contributed by atoms with Gasteiger partial charge in [0, 0.05) is 0 Å². The first kappa shape index (κ1) is 12.9. The van der Waals surface area contributed by atoms with Crippen LogP contribution in [0.5, 0.6) is 0 Å². The molecule has 0 saturated heterocycles. The lowest BCUT2D eigenvalue weighted by atomic mass is 10.3. The van der Waals surface area contributed by atoms with Crippen molar-refractivity contribution in [3.8, 4) is 5.69 Å². The van der Waals surface area contributed by atoms with Gasteiger partial charge in [0.1, 0.15) is 5.82 Å². The maximum absolute atomic E-state index is 13.0. The summed E-state index contributed by atoms with van der Waals surface area (Å²) in [4.78, 5) is 16.9. The molecule has 0 bridgehead atoms. The van der Waals surface area contributed by atoms with E-state index in [0.29, 0.717) is 0 Å². The van der Waals surface area contributed by atoms with Crippen molar-refractivity contribution in [2.45, 2.75) is 0 Å². The van der Waals surface area contributed by atoms with Crippen LogP contribution in [-0.2, 0) is 0 Å². The van der Waals surface area contributed by atoms with Crippen LogP contribution >= 0.6 is 0 Å². The molecule has 2 heterocycles. The predicted molar refractivity (Wildman–Crippen MR) is 73.5 cm³/mol. The van der Waals surface area contributed by atoms with Crippen molar-refractivity contribution in [3.05, 3.63) is 66.4 Å². The van der Waals surface area contributed by atoms with Crippen molar-refractivity contribution in [2.24, 2.45) is 0 Å². The fourth-order valence-corrected chi connectivity index (χ4v) is 1.71. The monoisotopic (exact) mass is 283 g/mol. The highest BCUT2D eigenvalue weighted by molar-refractivity contribution is 6.02. The number of hydrogen-bond acceptors (Lipinski definition) is 4. The van der Waals surface area contributed by atoms with Gasteiger partial charge in [-0.2, -0.15) is 14.3 Å². The van der Waals surface area contributed by atoms with Crippen molar-refractivity contribution in [2.75, 3.05) is 5.32 Å². The van der Waals surface area contributed by atoms with E-state index in [4.69, 9.17) is 0 Å². The molecular formula is C14H10FN5O. The molecule has 0 radical (unpaired) electrons. The Hall–Kier alpha value is -3.09. The number of para-hydroxylation sites is 1. The number of aromatic nitrogens is 4. The van der Waals surface area contributed by atoms with Crippen LogP contribution in [-0.4, -0.2) is 25.9 Å². The Morgan fingerprint density at radius 1 is 1.10 bits per heavy atom. The minimum absolute atomic E-state index is 0.116. The standard InChI is InChI=1S/C14H10FN5O/c15-12-7-4-8-13(17-12)18-14(21)11-9-16-20(19-11)10-5-2-1-3-6-10/h1-9H,(H,17,18,21). The van der Waals surface area contributed by atoms with Gasteiger partial charge in [0.2, 0.25) is 5.95 Å². The average molecular weight is 283 g/mol. The molecule has 0 aliphatic carbocycles. The Bertz CT molecular complexity index is 772. The lowest BCUT2D eigenvalue weighted by Gasteiger charge is -2.01. The summed E-state index contributed by atoms with van der Waals surface area (Å²) < 4.78 is 13.0. The molecule has 0 aliphatic rings. The van der Waals surface area contributed by atoms with E-state index in [2.05, 4.69) is 20.5 Å². The van der Waals surface area contributed by atoms with Crippen molar-refractivity contribution >= 4 is 11.7 Å². The fraction of sp³-hybridized carbons (Fsp3) is 0. The van der Waals surface area contributed by atoms with Gasteiger partial charge in [0.05, 0.1) is 11.9 Å². The number of carbonyl (C=O) groups is 1. The van der Waals surface area contributed by atoms with Crippen molar-refractivity contribution in [3.63, 3.8) is 0 Å². The molecule has 21 heavy (non-hydrogen) atoms. The van der Waals surface area contributed by atoms with Gasteiger partial charge >= 0.3 is 0 Å². The highest BCUT2D eigenvalue weighted by atomic mass is 19.1. The van der Waals surface area contributed by atoms with E-state index < -0.39 is 11.9 Å². The molecule has 1 aromatic carbocycles. The van der Waals surface area contributed by atoms with E-state index >= 15 is 0 Å². The summed E-state index contributed by atoms with van der Waals surface area (Å²) in [5, 5.41) is 10.5. The first-order valence-electron chi connectivity index (χ1n) is 6.14. The number of carbonyl (C=O) groups excluding carboxylic acids is 1. The minimum atomic E-state index is -0.666. The van der Waals surface area contributed by atoms with Crippen LogP contribution in [0.3, 0.4) is 0 Å². The van der Waals surface area contributed by atoms with Crippen LogP contribution in [0.4, 0.5) is 10.2 Å². The summed E-state index contributed by atoms with van der Waals surface area (Å²) in [6, 6.07) is 13.3. The number of amides is 1. The van der Waals surface area contributed by atoms with Gasteiger partial charge < -0.3 is 5.32 Å². The zero-order valence-corrected chi connectivity index (χ0v) is 10.8. The first-order chi connectivity index (χ1) is 10.2. The quantitative estimate of drug-likeness (QED) is 0.747. The van der Waals surface area contributed by atoms with E-state index in [1.807, 2.05) is 30.3 Å².